The zero-order chi connectivity index (χ0) is 24.6. The number of rotatable bonds is 10. The second-order valence-electron chi connectivity index (χ2n) is 9.18. The fourth-order valence-corrected chi connectivity index (χ4v) is 4.84. The Hall–Kier alpha value is -3.15. The number of hydrogen-bond donors (Lipinski definition) is 1. The van der Waals surface area contributed by atoms with Crippen molar-refractivity contribution < 1.29 is 14.3 Å². The van der Waals surface area contributed by atoms with Gasteiger partial charge in [0.15, 0.2) is 6.10 Å². The summed E-state index contributed by atoms with van der Waals surface area (Å²) in [5, 5.41) is 2.89. The van der Waals surface area contributed by atoms with Gasteiger partial charge in [0.1, 0.15) is 5.75 Å². The minimum atomic E-state index is -0.535. The molecule has 0 aromatic heterocycles. The van der Waals surface area contributed by atoms with E-state index in [1.807, 2.05) is 13.0 Å². The van der Waals surface area contributed by atoms with Crippen LogP contribution in [0, 0.1) is 6.92 Å². The van der Waals surface area contributed by atoms with Gasteiger partial charge in [0, 0.05) is 26.7 Å². The summed E-state index contributed by atoms with van der Waals surface area (Å²) in [7, 11) is 1.62. The van der Waals surface area contributed by atoms with Crippen LogP contribution in [0.1, 0.15) is 47.2 Å². The van der Waals surface area contributed by atoms with Crippen LogP contribution in [0.25, 0.3) is 0 Å². The average Bonchev–Trinajstić information content (AvgIpc) is 2.87. The highest BCUT2D eigenvalue weighted by Gasteiger charge is 2.30. The van der Waals surface area contributed by atoms with Crippen molar-refractivity contribution in [2.24, 2.45) is 0 Å². The first-order valence-corrected chi connectivity index (χ1v) is 12.5. The first kappa shape index (κ1) is 25.0. The molecule has 5 nitrogen and oxygen atoms in total. The molecule has 3 aromatic carbocycles. The summed E-state index contributed by atoms with van der Waals surface area (Å²) in [5.41, 5.74) is 6.45. The molecule has 2 atom stereocenters. The Morgan fingerprint density at radius 1 is 1.09 bits per heavy atom. The van der Waals surface area contributed by atoms with Crippen LogP contribution in [0.15, 0.2) is 72.8 Å². The van der Waals surface area contributed by atoms with E-state index in [0.717, 1.165) is 25.3 Å². The maximum Gasteiger partial charge on any atom is 0.261 e. The first-order chi connectivity index (χ1) is 17.1. The monoisotopic (exact) mass is 472 g/mol. The van der Waals surface area contributed by atoms with Crippen LogP contribution in [0.3, 0.4) is 0 Å². The third-order valence-corrected chi connectivity index (χ3v) is 6.58. The van der Waals surface area contributed by atoms with E-state index < -0.39 is 6.10 Å². The summed E-state index contributed by atoms with van der Waals surface area (Å²) >= 11 is 0. The molecule has 0 unspecified atom stereocenters. The summed E-state index contributed by atoms with van der Waals surface area (Å²) < 4.78 is 11.2. The molecule has 0 saturated heterocycles. The summed E-state index contributed by atoms with van der Waals surface area (Å²) in [4.78, 5) is 15.2. The van der Waals surface area contributed by atoms with E-state index >= 15 is 0 Å². The van der Waals surface area contributed by atoms with Gasteiger partial charge in [-0.25, -0.2) is 0 Å². The van der Waals surface area contributed by atoms with E-state index in [0.29, 0.717) is 19.6 Å². The van der Waals surface area contributed by atoms with Crippen molar-refractivity contribution in [1.29, 1.82) is 0 Å². The average molecular weight is 473 g/mol. The van der Waals surface area contributed by atoms with E-state index in [9.17, 15) is 4.79 Å². The van der Waals surface area contributed by atoms with Crippen molar-refractivity contribution in [3.8, 4) is 5.75 Å². The number of carbonyl (C=O) groups is 1. The van der Waals surface area contributed by atoms with Crippen LogP contribution < -0.4 is 10.1 Å². The van der Waals surface area contributed by atoms with Crippen molar-refractivity contribution in [3.05, 3.63) is 101 Å². The quantitative estimate of drug-likeness (QED) is 0.419. The number of carbonyl (C=O) groups excluding carboxylic acids is 1. The molecule has 35 heavy (non-hydrogen) atoms. The van der Waals surface area contributed by atoms with Crippen LogP contribution in [0.4, 0.5) is 0 Å². The number of hydrogen-bond acceptors (Lipinski definition) is 4. The Balaban J connectivity index is 1.62. The number of nitrogens with zero attached hydrogens (tertiary/aromatic N) is 1. The van der Waals surface area contributed by atoms with Crippen LogP contribution in [0.2, 0.25) is 0 Å². The Bertz CT molecular complexity index is 1120. The Labute approximate surface area is 209 Å². The predicted molar refractivity (Wildman–Crippen MR) is 140 cm³/mol. The molecule has 0 spiro atoms. The van der Waals surface area contributed by atoms with Gasteiger partial charge in [0.2, 0.25) is 0 Å². The number of fused-ring (bicyclic) bond motifs is 1. The molecule has 1 aliphatic rings. The van der Waals surface area contributed by atoms with Crippen molar-refractivity contribution in [2.75, 3.05) is 26.8 Å². The molecule has 0 radical (unpaired) electrons. The number of ether oxygens (including phenoxy) is 2. The Kier molecular flexibility index (Phi) is 8.56. The van der Waals surface area contributed by atoms with Crippen molar-refractivity contribution >= 4 is 5.91 Å². The van der Waals surface area contributed by atoms with Gasteiger partial charge in [0.05, 0.1) is 12.6 Å². The molecule has 3 aromatic rings. The molecular formula is C30H36N2O3. The maximum atomic E-state index is 12.6. The van der Waals surface area contributed by atoms with E-state index in [1.54, 1.807) is 7.11 Å². The lowest BCUT2D eigenvalue weighted by molar-refractivity contribution is -0.128. The molecule has 1 aliphatic heterocycles. The zero-order valence-electron chi connectivity index (χ0n) is 21.0. The van der Waals surface area contributed by atoms with Crippen LogP contribution in [0.5, 0.6) is 5.75 Å². The van der Waals surface area contributed by atoms with Gasteiger partial charge in [-0.2, -0.15) is 0 Å². The van der Waals surface area contributed by atoms with Gasteiger partial charge in [-0.05, 0) is 54.2 Å². The molecule has 1 amide bonds. The van der Waals surface area contributed by atoms with Gasteiger partial charge in [-0.3, -0.25) is 9.69 Å². The lowest BCUT2D eigenvalue weighted by Gasteiger charge is -2.38. The van der Waals surface area contributed by atoms with Gasteiger partial charge < -0.3 is 14.8 Å². The van der Waals surface area contributed by atoms with Crippen molar-refractivity contribution in [3.63, 3.8) is 0 Å². The number of nitrogens with one attached hydrogen (secondary N) is 1. The van der Waals surface area contributed by atoms with Gasteiger partial charge in [0.25, 0.3) is 5.91 Å². The number of amides is 1. The first-order valence-electron chi connectivity index (χ1n) is 12.5. The van der Waals surface area contributed by atoms with E-state index in [1.165, 1.54) is 27.8 Å². The van der Waals surface area contributed by atoms with E-state index in [4.69, 9.17) is 9.47 Å². The highest BCUT2D eigenvalue weighted by atomic mass is 16.5. The third kappa shape index (κ3) is 6.30. The normalized spacial score (nSPS) is 16.4. The highest BCUT2D eigenvalue weighted by Crippen LogP contribution is 2.38. The van der Waals surface area contributed by atoms with Gasteiger partial charge in [-0.15, -0.1) is 0 Å². The Morgan fingerprint density at radius 3 is 2.66 bits per heavy atom. The second-order valence-corrected chi connectivity index (χ2v) is 9.18. The molecular weight excluding hydrogens is 436 g/mol. The molecule has 1 heterocycles. The molecule has 0 aliphatic carbocycles. The minimum Gasteiger partial charge on any atom is -0.481 e. The number of benzene rings is 3. The van der Waals surface area contributed by atoms with Gasteiger partial charge >= 0.3 is 0 Å². The summed E-state index contributed by atoms with van der Waals surface area (Å²) in [6.45, 7) is 6.93. The summed E-state index contributed by atoms with van der Waals surface area (Å²) in [5.74, 6) is 0.624. The Morgan fingerprint density at radius 2 is 1.91 bits per heavy atom. The van der Waals surface area contributed by atoms with Crippen molar-refractivity contribution in [1.82, 2.24) is 10.2 Å². The topological polar surface area (TPSA) is 50.8 Å². The molecule has 0 bridgehead atoms. The third-order valence-electron chi connectivity index (χ3n) is 6.58. The number of aryl methyl sites for hydroxylation is 1. The molecule has 184 valence electrons. The summed E-state index contributed by atoms with van der Waals surface area (Å²) in [6, 6.07) is 25.9. The summed E-state index contributed by atoms with van der Waals surface area (Å²) in [6.07, 6.45) is 1.05. The SMILES string of the molecule is CC[C@@H](Oc1ccc2c(c1)[C@H](c1ccccc1)N(Cc1cccc(C)c1)CC2)C(=O)NCCOC. The minimum absolute atomic E-state index is 0.108. The molecule has 0 fully saturated rings. The highest BCUT2D eigenvalue weighted by molar-refractivity contribution is 5.81. The lowest BCUT2D eigenvalue weighted by Crippen LogP contribution is -2.39. The largest absolute Gasteiger partial charge is 0.481 e. The number of methoxy groups -OCH3 is 1. The fraction of sp³-hybridized carbons (Fsp3) is 0.367. The molecule has 4 rings (SSSR count). The van der Waals surface area contributed by atoms with Crippen LogP contribution >= 0.6 is 0 Å². The van der Waals surface area contributed by atoms with E-state index in [-0.39, 0.29) is 11.9 Å². The smallest absolute Gasteiger partial charge is 0.261 e. The molecule has 5 heteroatoms. The molecule has 0 saturated carbocycles. The van der Waals surface area contributed by atoms with Crippen LogP contribution in [-0.4, -0.2) is 43.7 Å². The van der Waals surface area contributed by atoms with Gasteiger partial charge in [-0.1, -0.05) is 73.2 Å². The van der Waals surface area contributed by atoms with Crippen LogP contribution in [-0.2, 0) is 22.5 Å². The zero-order valence-corrected chi connectivity index (χ0v) is 21.0. The second kappa shape index (κ2) is 12.0. The predicted octanol–water partition coefficient (Wildman–Crippen LogP) is 5.06. The standard InChI is InChI=1S/C30H36N2O3/c1-4-28(30(33)31-16-18-34-3)35-26-14-13-24-15-17-32(21-23-10-8-9-22(2)19-23)29(27(24)20-26)25-11-6-5-7-12-25/h5-14,19-20,28-29H,4,15-18,21H2,1-3H3,(H,31,33)/t28-,29+/m1/s1. The maximum absolute atomic E-state index is 12.6. The van der Waals surface area contributed by atoms with Crippen molar-refractivity contribution in [2.45, 2.75) is 45.4 Å². The van der Waals surface area contributed by atoms with E-state index in [2.05, 4.69) is 83.9 Å². The lowest BCUT2D eigenvalue weighted by atomic mass is 9.87. The fourth-order valence-electron chi connectivity index (χ4n) is 4.84. The molecule has 1 N–H and O–H groups in total.